The molecule has 0 aromatic rings. The highest BCUT2D eigenvalue weighted by atomic mass is 35.5. The van der Waals surface area contributed by atoms with Crippen LogP contribution in [0.3, 0.4) is 0 Å². The average Bonchev–Trinajstić information content (AvgIpc) is 2.37. The van der Waals surface area contributed by atoms with Gasteiger partial charge < -0.3 is 4.90 Å². The molecule has 0 aromatic heterocycles. The van der Waals surface area contributed by atoms with Gasteiger partial charge in [-0.2, -0.15) is 5.26 Å². The Hall–Kier alpha value is -0.260. The zero-order valence-corrected chi connectivity index (χ0v) is 6.64. The summed E-state index contributed by atoms with van der Waals surface area (Å²) in [6, 6.07) is 2.27. The predicted molar refractivity (Wildman–Crippen MR) is 40.9 cm³/mol. The van der Waals surface area contributed by atoms with Crippen LogP contribution in [-0.4, -0.2) is 30.4 Å². The first-order valence-corrected chi connectivity index (χ1v) is 4.08. The van der Waals surface area contributed by atoms with E-state index in [2.05, 4.69) is 11.0 Å². The summed E-state index contributed by atoms with van der Waals surface area (Å²) >= 11 is 5.55. The fraction of sp³-hybridized carbons (Fsp3) is 0.857. The summed E-state index contributed by atoms with van der Waals surface area (Å²) in [4.78, 5) is 2.24. The van der Waals surface area contributed by atoms with E-state index >= 15 is 0 Å². The van der Waals surface area contributed by atoms with E-state index in [0.29, 0.717) is 5.88 Å². The molecule has 0 N–H and O–H groups in total. The number of hydrogen-bond acceptors (Lipinski definition) is 2. The lowest BCUT2D eigenvalue weighted by Crippen LogP contribution is -2.22. The second-order valence-corrected chi connectivity index (χ2v) is 2.98. The second-order valence-electron chi connectivity index (χ2n) is 2.60. The number of nitrogens with zero attached hydrogens (tertiary/aromatic N) is 2. The minimum absolute atomic E-state index is 0.253. The first-order valence-electron chi connectivity index (χ1n) is 3.54. The highest BCUT2D eigenvalue weighted by Crippen LogP contribution is 2.14. The maximum absolute atomic E-state index is 8.54. The van der Waals surface area contributed by atoms with Crippen LogP contribution < -0.4 is 0 Å². The van der Waals surface area contributed by atoms with Gasteiger partial charge >= 0.3 is 0 Å². The lowest BCUT2D eigenvalue weighted by Gasteiger charge is -2.10. The normalized spacial score (nSPS) is 26.6. The van der Waals surface area contributed by atoms with Gasteiger partial charge in [0.05, 0.1) is 12.0 Å². The number of hydrogen-bond donors (Lipinski definition) is 0. The standard InChI is InChI=1S/C7H11ClN2/c8-2-4-10-3-1-7(5-9)6-10/h7H,1-4,6H2. The first-order chi connectivity index (χ1) is 4.86. The minimum atomic E-state index is 0.253. The molecule has 0 bridgehead atoms. The van der Waals surface area contributed by atoms with E-state index in [1.807, 2.05) is 0 Å². The maximum Gasteiger partial charge on any atom is 0.0669 e. The van der Waals surface area contributed by atoms with Gasteiger partial charge in [0.15, 0.2) is 0 Å². The van der Waals surface area contributed by atoms with Gasteiger partial charge in [-0.1, -0.05) is 0 Å². The van der Waals surface area contributed by atoms with Crippen molar-refractivity contribution in [1.82, 2.24) is 4.90 Å². The van der Waals surface area contributed by atoms with Gasteiger partial charge in [-0.25, -0.2) is 0 Å². The first kappa shape index (κ1) is 7.84. The average molecular weight is 159 g/mol. The van der Waals surface area contributed by atoms with Crippen LogP contribution in [0.25, 0.3) is 0 Å². The summed E-state index contributed by atoms with van der Waals surface area (Å²) in [6.45, 7) is 2.90. The Kier molecular flexibility index (Phi) is 2.98. The molecule has 1 aliphatic heterocycles. The van der Waals surface area contributed by atoms with Crippen molar-refractivity contribution >= 4 is 11.6 Å². The Bertz CT molecular complexity index is 141. The monoisotopic (exact) mass is 158 g/mol. The van der Waals surface area contributed by atoms with Gasteiger partial charge in [0.2, 0.25) is 0 Å². The van der Waals surface area contributed by atoms with Crippen molar-refractivity contribution in [1.29, 1.82) is 5.26 Å². The van der Waals surface area contributed by atoms with Crippen molar-refractivity contribution in [3.63, 3.8) is 0 Å². The largest absolute Gasteiger partial charge is 0.301 e. The molecule has 3 heteroatoms. The topological polar surface area (TPSA) is 27.0 Å². The molecule has 0 aromatic carbocycles. The van der Waals surface area contributed by atoms with E-state index in [1.165, 1.54) is 0 Å². The number of rotatable bonds is 2. The fourth-order valence-corrected chi connectivity index (χ4v) is 1.50. The summed E-state index contributed by atoms with van der Waals surface area (Å²) < 4.78 is 0. The van der Waals surface area contributed by atoms with Crippen molar-refractivity contribution in [2.75, 3.05) is 25.5 Å². The second kappa shape index (κ2) is 3.80. The summed E-state index contributed by atoms with van der Waals surface area (Å²) in [5, 5.41) is 8.54. The zero-order chi connectivity index (χ0) is 7.40. The van der Waals surface area contributed by atoms with Crippen LogP contribution >= 0.6 is 11.6 Å². The summed E-state index contributed by atoms with van der Waals surface area (Å²) in [5.41, 5.74) is 0. The van der Waals surface area contributed by atoms with Crippen molar-refractivity contribution in [2.45, 2.75) is 6.42 Å². The van der Waals surface area contributed by atoms with Crippen molar-refractivity contribution in [3.05, 3.63) is 0 Å². The molecule has 0 amide bonds. The number of halogens is 1. The van der Waals surface area contributed by atoms with Crippen molar-refractivity contribution in [3.8, 4) is 6.07 Å². The third-order valence-corrected chi connectivity index (χ3v) is 2.02. The molecule has 1 aliphatic rings. The van der Waals surface area contributed by atoms with Gasteiger partial charge in [0.25, 0.3) is 0 Å². The Morgan fingerprint density at radius 2 is 2.50 bits per heavy atom. The molecule has 0 saturated carbocycles. The van der Waals surface area contributed by atoms with Crippen LogP contribution in [0.15, 0.2) is 0 Å². The molecular weight excluding hydrogens is 148 g/mol. The molecule has 56 valence electrons. The molecule has 1 heterocycles. The molecule has 0 aliphatic carbocycles. The van der Waals surface area contributed by atoms with Crippen molar-refractivity contribution in [2.24, 2.45) is 5.92 Å². The van der Waals surface area contributed by atoms with Crippen LogP contribution in [0.2, 0.25) is 0 Å². The van der Waals surface area contributed by atoms with E-state index < -0.39 is 0 Å². The molecule has 10 heavy (non-hydrogen) atoms. The molecule has 1 fully saturated rings. The van der Waals surface area contributed by atoms with Crippen LogP contribution in [0.1, 0.15) is 6.42 Å². The zero-order valence-electron chi connectivity index (χ0n) is 5.89. The predicted octanol–water partition coefficient (Wildman–Crippen LogP) is 1.07. The van der Waals surface area contributed by atoms with Crippen LogP contribution in [0, 0.1) is 17.2 Å². The molecule has 0 radical (unpaired) electrons. The third-order valence-electron chi connectivity index (χ3n) is 1.86. The van der Waals surface area contributed by atoms with Gasteiger partial charge in [0, 0.05) is 19.0 Å². The van der Waals surface area contributed by atoms with Gasteiger partial charge in [-0.3, -0.25) is 0 Å². The summed E-state index contributed by atoms with van der Waals surface area (Å²) in [7, 11) is 0. The van der Waals surface area contributed by atoms with Gasteiger partial charge in [-0.15, -0.1) is 11.6 Å². The van der Waals surface area contributed by atoms with E-state index in [1.54, 1.807) is 0 Å². The van der Waals surface area contributed by atoms with Gasteiger partial charge in [0.1, 0.15) is 0 Å². The Morgan fingerprint density at radius 1 is 1.70 bits per heavy atom. The summed E-state index contributed by atoms with van der Waals surface area (Å²) in [5.74, 6) is 0.932. The quantitative estimate of drug-likeness (QED) is 0.563. The molecular formula is C7H11ClN2. The lowest BCUT2D eigenvalue weighted by molar-refractivity contribution is 0.354. The third kappa shape index (κ3) is 1.86. The lowest BCUT2D eigenvalue weighted by atomic mass is 10.1. The molecule has 1 unspecified atom stereocenters. The number of likely N-dealkylation sites (tertiary alicyclic amines) is 1. The summed E-state index contributed by atoms with van der Waals surface area (Å²) in [6.07, 6.45) is 1.02. The van der Waals surface area contributed by atoms with Crippen LogP contribution in [0.4, 0.5) is 0 Å². The van der Waals surface area contributed by atoms with Crippen LogP contribution in [0.5, 0.6) is 0 Å². The smallest absolute Gasteiger partial charge is 0.0669 e. The van der Waals surface area contributed by atoms with E-state index in [4.69, 9.17) is 16.9 Å². The fourth-order valence-electron chi connectivity index (χ4n) is 1.26. The minimum Gasteiger partial charge on any atom is -0.301 e. The number of nitriles is 1. The van der Waals surface area contributed by atoms with E-state index in [9.17, 15) is 0 Å². The van der Waals surface area contributed by atoms with Crippen LogP contribution in [-0.2, 0) is 0 Å². The molecule has 2 nitrogen and oxygen atoms in total. The Morgan fingerprint density at radius 3 is 3.00 bits per heavy atom. The molecule has 0 spiro atoms. The van der Waals surface area contributed by atoms with E-state index in [0.717, 1.165) is 26.1 Å². The SMILES string of the molecule is N#CC1CCN(CCCl)C1. The van der Waals surface area contributed by atoms with Gasteiger partial charge in [-0.05, 0) is 13.0 Å². The Labute approximate surface area is 66.4 Å². The molecule has 1 atom stereocenters. The van der Waals surface area contributed by atoms with E-state index in [-0.39, 0.29) is 5.92 Å². The maximum atomic E-state index is 8.54. The molecule has 1 saturated heterocycles. The number of alkyl halides is 1. The van der Waals surface area contributed by atoms with Crippen molar-refractivity contribution < 1.29 is 0 Å². The molecule has 1 rings (SSSR count). The Balaban J connectivity index is 2.23. The highest BCUT2D eigenvalue weighted by Gasteiger charge is 2.20. The highest BCUT2D eigenvalue weighted by molar-refractivity contribution is 6.18.